The first-order valence-electron chi connectivity index (χ1n) is 14.4. The van der Waals surface area contributed by atoms with Crippen molar-refractivity contribution in [2.75, 3.05) is 49.1 Å². The molecule has 2 aliphatic heterocycles. The van der Waals surface area contributed by atoms with Crippen molar-refractivity contribution < 1.29 is 14.3 Å². The van der Waals surface area contributed by atoms with E-state index in [0.717, 1.165) is 38.2 Å². The number of hydrogen-bond acceptors (Lipinski definition) is 8. The molecule has 5 rings (SSSR count). The number of amides is 1. The first kappa shape index (κ1) is 27.7. The fourth-order valence-electron chi connectivity index (χ4n) is 7.19. The highest BCUT2D eigenvalue weighted by molar-refractivity contribution is 5.80. The second-order valence-electron chi connectivity index (χ2n) is 11.7. The van der Waals surface area contributed by atoms with E-state index >= 15 is 0 Å². The van der Waals surface area contributed by atoms with Gasteiger partial charge in [-0.1, -0.05) is 20.8 Å². The molecule has 1 aliphatic carbocycles. The zero-order chi connectivity index (χ0) is 27.5. The fourth-order valence-corrected chi connectivity index (χ4v) is 7.19. The number of nitrogens with zero attached hydrogens (tertiary/aromatic N) is 6. The van der Waals surface area contributed by atoms with Gasteiger partial charge in [-0.25, -0.2) is 14.4 Å². The van der Waals surface area contributed by atoms with Gasteiger partial charge in [0.15, 0.2) is 0 Å². The molecule has 1 amide bonds. The number of carbonyl (C=O) groups excluding carboxylic acids is 1. The van der Waals surface area contributed by atoms with Crippen molar-refractivity contribution in [2.45, 2.75) is 58.2 Å². The molecule has 2 saturated heterocycles. The monoisotopic (exact) mass is 539 g/mol. The molecular weight excluding hydrogens is 497 g/mol. The van der Waals surface area contributed by atoms with Crippen LogP contribution in [0.15, 0.2) is 36.9 Å². The Morgan fingerprint density at radius 2 is 1.82 bits per heavy atom. The molecule has 9 nitrogen and oxygen atoms in total. The first-order chi connectivity index (χ1) is 18.9. The number of aliphatic hydroxyl groups excluding tert-OH is 1. The van der Waals surface area contributed by atoms with E-state index in [-0.39, 0.29) is 42.3 Å². The fraction of sp³-hybridized carbons (Fsp3) is 0.655. The Labute approximate surface area is 230 Å². The average molecular weight is 540 g/mol. The summed E-state index contributed by atoms with van der Waals surface area (Å²) in [7, 11) is 0. The second kappa shape index (κ2) is 12.1. The normalized spacial score (nSPS) is 30.4. The maximum absolute atomic E-state index is 14.0. The molecule has 3 fully saturated rings. The zero-order valence-electron chi connectivity index (χ0n) is 23.3. The van der Waals surface area contributed by atoms with Crippen LogP contribution in [0.25, 0.3) is 0 Å². The van der Waals surface area contributed by atoms with E-state index in [1.54, 1.807) is 18.5 Å². The van der Waals surface area contributed by atoms with Gasteiger partial charge in [0.25, 0.3) is 0 Å². The van der Waals surface area contributed by atoms with E-state index in [4.69, 9.17) is 0 Å². The molecule has 10 heteroatoms. The van der Waals surface area contributed by atoms with Crippen LogP contribution in [0.4, 0.5) is 16.0 Å². The van der Waals surface area contributed by atoms with E-state index < -0.39 is 0 Å². The van der Waals surface area contributed by atoms with E-state index in [9.17, 15) is 14.3 Å². The summed E-state index contributed by atoms with van der Waals surface area (Å²) in [5, 5.41) is 14.1. The lowest BCUT2D eigenvalue weighted by molar-refractivity contribution is -0.143. The van der Waals surface area contributed by atoms with Crippen molar-refractivity contribution in [3.8, 4) is 0 Å². The summed E-state index contributed by atoms with van der Waals surface area (Å²) in [4.78, 5) is 33.1. The van der Waals surface area contributed by atoms with Crippen LogP contribution in [0.2, 0.25) is 0 Å². The van der Waals surface area contributed by atoms with E-state index in [0.29, 0.717) is 43.3 Å². The van der Waals surface area contributed by atoms with E-state index in [1.807, 2.05) is 16.0 Å². The van der Waals surface area contributed by atoms with Gasteiger partial charge in [0.05, 0.1) is 25.0 Å². The van der Waals surface area contributed by atoms with Crippen molar-refractivity contribution in [2.24, 2.45) is 23.7 Å². The smallest absolute Gasteiger partial charge is 0.226 e. The third-order valence-electron chi connectivity index (χ3n) is 9.20. The highest BCUT2D eigenvalue weighted by Crippen LogP contribution is 2.40. The molecule has 2 aromatic rings. The highest BCUT2D eigenvalue weighted by atomic mass is 19.1. The number of nitrogens with one attached hydrogen (secondary N) is 1. The van der Waals surface area contributed by atoms with E-state index in [1.165, 1.54) is 12.3 Å². The molecular formula is C29H42FN7O2. The summed E-state index contributed by atoms with van der Waals surface area (Å²) in [6.07, 6.45) is 9.56. The number of aliphatic hydroxyl groups is 1. The van der Waals surface area contributed by atoms with Gasteiger partial charge in [0, 0.05) is 63.1 Å². The lowest BCUT2D eigenvalue weighted by Crippen LogP contribution is -2.61. The van der Waals surface area contributed by atoms with Gasteiger partial charge < -0.3 is 25.1 Å². The minimum atomic E-state index is -0.387. The molecule has 4 heterocycles. The largest absolute Gasteiger partial charge is 0.394 e. The van der Waals surface area contributed by atoms with Crippen molar-refractivity contribution in [1.29, 1.82) is 0 Å². The maximum Gasteiger partial charge on any atom is 0.226 e. The van der Waals surface area contributed by atoms with Crippen molar-refractivity contribution >= 4 is 17.5 Å². The van der Waals surface area contributed by atoms with Gasteiger partial charge in [-0.2, -0.15) is 0 Å². The summed E-state index contributed by atoms with van der Waals surface area (Å²) in [5.41, 5.74) is 0. The van der Waals surface area contributed by atoms with Gasteiger partial charge in [-0.05, 0) is 49.1 Å². The predicted molar refractivity (Wildman–Crippen MR) is 149 cm³/mol. The van der Waals surface area contributed by atoms with Crippen molar-refractivity contribution in [3.05, 3.63) is 42.7 Å². The van der Waals surface area contributed by atoms with Crippen LogP contribution in [0.1, 0.15) is 40.0 Å². The predicted octanol–water partition coefficient (Wildman–Crippen LogP) is 2.58. The summed E-state index contributed by atoms with van der Waals surface area (Å²) < 4.78 is 13.4. The van der Waals surface area contributed by atoms with Crippen LogP contribution in [0.3, 0.4) is 0 Å². The third-order valence-corrected chi connectivity index (χ3v) is 9.20. The van der Waals surface area contributed by atoms with Crippen LogP contribution < -0.4 is 15.1 Å². The number of rotatable bonds is 6. The highest BCUT2D eigenvalue weighted by Gasteiger charge is 2.45. The van der Waals surface area contributed by atoms with Crippen molar-refractivity contribution in [1.82, 2.24) is 25.2 Å². The number of hydrogen-bond donors (Lipinski definition) is 2. The lowest BCUT2D eigenvalue weighted by Gasteiger charge is -2.49. The Bertz CT molecular complexity index is 1080. The topological polar surface area (TPSA) is 97.7 Å². The molecule has 0 aromatic carbocycles. The average Bonchev–Trinajstić information content (AvgIpc) is 2.96. The number of piperazine rings is 1. The Hall–Kier alpha value is -2.85. The molecule has 1 saturated carbocycles. The first-order valence-corrected chi connectivity index (χ1v) is 14.4. The molecule has 212 valence electrons. The molecule has 0 bridgehead atoms. The van der Waals surface area contributed by atoms with Gasteiger partial charge in [0.1, 0.15) is 17.5 Å². The quantitative estimate of drug-likeness (QED) is 0.578. The Balaban J connectivity index is 1.21. The zero-order valence-corrected chi connectivity index (χ0v) is 23.3. The van der Waals surface area contributed by atoms with Crippen LogP contribution in [-0.2, 0) is 4.79 Å². The van der Waals surface area contributed by atoms with E-state index in [2.05, 4.69) is 45.9 Å². The molecule has 6 atom stereocenters. The van der Waals surface area contributed by atoms with Gasteiger partial charge >= 0.3 is 0 Å². The molecule has 2 aromatic heterocycles. The third kappa shape index (κ3) is 6.01. The van der Waals surface area contributed by atoms with Crippen molar-refractivity contribution in [3.63, 3.8) is 0 Å². The molecule has 2 N–H and O–H groups in total. The molecule has 0 spiro atoms. The Morgan fingerprint density at radius 1 is 1.03 bits per heavy atom. The van der Waals surface area contributed by atoms with Crippen LogP contribution in [0.5, 0.6) is 0 Å². The SMILES string of the molecule is CC1CC(C)C(C(=O)N2CCN(c3ccc(F)cn3)[C@H](CO)C2)C(C)C1NC1CCN(c2cnccn2)CC1. The minimum absolute atomic E-state index is 0.0618. The van der Waals surface area contributed by atoms with Crippen LogP contribution >= 0.6 is 0 Å². The number of halogens is 1. The number of carbonyl (C=O) groups is 1. The number of pyridine rings is 1. The molecule has 39 heavy (non-hydrogen) atoms. The molecule has 5 unspecified atom stereocenters. The summed E-state index contributed by atoms with van der Waals surface area (Å²) in [6, 6.07) is 3.45. The summed E-state index contributed by atoms with van der Waals surface area (Å²) in [6.45, 7) is 10.1. The van der Waals surface area contributed by atoms with Gasteiger partial charge in [0.2, 0.25) is 5.91 Å². The molecule has 3 aliphatic rings. The Kier molecular flexibility index (Phi) is 8.61. The lowest BCUT2D eigenvalue weighted by atomic mass is 9.65. The molecule has 0 radical (unpaired) electrons. The minimum Gasteiger partial charge on any atom is -0.394 e. The number of aromatic nitrogens is 3. The standard InChI is InChI=1S/C29H42FN7O2/c1-19-14-20(2)28(34-23-6-10-35(11-7-23)26-16-31-8-9-32-26)21(3)27(19)29(39)36-12-13-37(24(17-36)18-38)25-5-4-22(30)15-33-25/h4-5,8-9,15-16,19-21,23-24,27-28,34,38H,6-7,10-14,17-18H2,1-3H3/t19?,20?,21?,24-,27?,28?/m0/s1. The summed E-state index contributed by atoms with van der Waals surface area (Å²) in [5.74, 6) is 2.30. The second-order valence-corrected chi connectivity index (χ2v) is 11.7. The number of anilines is 2. The van der Waals surface area contributed by atoms with Crippen LogP contribution in [0, 0.1) is 29.5 Å². The Morgan fingerprint density at radius 3 is 2.49 bits per heavy atom. The van der Waals surface area contributed by atoms with Gasteiger partial charge in [-0.3, -0.25) is 9.78 Å². The summed E-state index contributed by atoms with van der Waals surface area (Å²) >= 11 is 0. The van der Waals surface area contributed by atoms with Gasteiger partial charge in [-0.15, -0.1) is 0 Å². The van der Waals surface area contributed by atoms with Crippen LogP contribution in [-0.4, -0.2) is 88.3 Å². The number of piperidine rings is 1. The maximum atomic E-state index is 14.0.